The average Bonchev–Trinajstić information content (AvgIpc) is 2.81. The third kappa shape index (κ3) is 3.73. The van der Waals surface area contributed by atoms with Crippen LogP contribution in [0, 0.1) is 11.3 Å². The number of nitriles is 1. The van der Waals surface area contributed by atoms with Crippen LogP contribution >= 0.6 is 0 Å². The average molecular weight is 299 g/mol. The molecule has 0 amide bonds. The van der Waals surface area contributed by atoms with Gasteiger partial charge in [0.2, 0.25) is 0 Å². The molecule has 5 heteroatoms. The monoisotopic (exact) mass is 299 g/mol. The van der Waals surface area contributed by atoms with E-state index in [4.69, 9.17) is 4.74 Å². The van der Waals surface area contributed by atoms with E-state index < -0.39 is 5.60 Å². The lowest BCUT2D eigenvalue weighted by molar-refractivity contribution is 0.0574. The minimum Gasteiger partial charge on any atom is -0.389 e. The van der Waals surface area contributed by atoms with Crippen LogP contribution in [0.5, 0.6) is 0 Å². The first kappa shape index (κ1) is 16.2. The van der Waals surface area contributed by atoms with Gasteiger partial charge in [0.25, 0.3) is 0 Å². The fourth-order valence-electron chi connectivity index (χ4n) is 2.33. The summed E-state index contributed by atoms with van der Waals surface area (Å²) >= 11 is 0. The Morgan fingerprint density at radius 2 is 2.00 bits per heavy atom. The molecule has 116 valence electrons. The van der Waals surface area contributed by atoms with Gasteiger partial charge in [-0.2, -0.15) is 5.26 Å². The molecule has 0 saturated heterocycles. The van der Waals surface area contributed by atoms with Gasteiger partial charge in [0, 0.05) is 12.2 Å². The van der Waals surface area contributed by atoms with Crippen LogP contribution in [-0.2, 0) is 17.9 Å². The lowest BCUT2D eigenvalue weighted by Crippen LogP contribution is -2.27. The molecule has 0 aliphatic rings. The van der Waals surface area contributed by atoms with Crippen molar-refractivity contribution in [3.63, 3.8) is 0 Å². The van der Waals surface area contributed by atoms with Crippen LogP contribution in [0.25, 0.3) is 11.3 Å². The predicted octanol–water partition coefficient (Wildman–Crippen LogP) is 2.73. The second-order valence-corrected chi connectivity index (χ2v) is 5.74. The summed E-state index contributed by atoms with van der Waals surface area (Å²) in [6, 6.07) is 11.8. The Morgan fingerprint density at radius 1 is 1.32 bits per heavy atom. The number of aliphatic hydroxyl groups is 1. The largest absolute Gasteiger partial charge is 0.389 e. The molecule has 0 saturated carbocycles. The van der Waals surface area contributed by atoms with Crippen molar-refractivity contribution in [2.45, 2.75) is 39.5 Å². The van der Waals surface area contributed by atoms with Gasteiger partial charge in [-0.05, 0) is 20.8 Å². The molecule has 2 rings (SSSR count). The molecule has 1 N–H and O–H groups in total. The molecule has 5 nitrogen and oxygen atoms in total. The van der Waals surface area contributed by atoms with Gasteiger partial charge in [-0.25, -0.2) is 4.98 Å². The normalized spacial score (nSPS) is 11.4. The maximum atomic E-state index is 10.2. The zero-order valence-corrected chi connectivity index (χ0v) is 13.2. The molecule has 0 aliphatic carbocycles. The quantitative estimate of drug-likeness (QED) is 0.890. The topological polar surface area (TPSA) is 71.1 Å². The van der Waals surface area contributed by atoms with Gasteiger partial charge >= 0.3 is 0 Å². The van der Waals surface area contributed by atoms with Crippen molar-refractivity contribution in [3.05, 3.63) is 41.9 Å². The molecule has 0 unspecified atom stereocenters. The molecule has 1 heterocycles. The smallest absolute Gasteiger partial charge is 0.166 e. The zero-order chi connectivity index (χ0) is 16.2. The van der Waals surface area contributed by atoms with Crippen molar-refractivity contribution >= 4 is 0 Å². The highest BCUT2D eigenvalue weighted by Gasteiger charge is 2.23. The molecule has 1 aromatic carbocycles. The van der Waals surface area contributed by atoms with Crippen LogP contribution in [0.2, 0.25) is 0 Å². The van der Waals surface area contributed by atoms with Crippen molar-refractivity contribution < 1.29 is 9.84 Å². The summed E-state index contributed by atoms with van der Waals surface area (Å²) in [5, 5.41) is 19.6. The maximum absolute atomic E-state index is 10.2. The number of nitrogens with zero attached hydrogens (tertiary/aromatic N) is 3. The van der Waals surface area contributed by atoms with Crippen LogP contribution < -0.4 is 0 Å². The first-order valence-electron chi connectivity index (χ1n) is 7.31. The fourth-order valence-corrected chi connectivity index (χ4v) is 2.33. The van der Waals surface area contributed by atoms with E-state index in [2.05, 4.69) is 11.1 Å². The lowest BCUT2D eigenvalue weighted by Gasteiger charge is -2.21. The first-order chi connectivity index (χ1) is 10.5. The molecule has 0 atom stereocenters. The van der Waals surface area contributed by atoms with E-state index in [9.17, 15) is 10.4 Å². The number of benzene rings is 1. The van der Waals surface area contributed by atoms with E-state index >= 15 is 0 Å². The van der Waals surface area contributed by atoms with Crippen LogP contribution in [-0.4, -0.2) is 26.9 Å². The third-order valence-electron chi connectivity index (χ3n) is 3.18. The van der Waals surface area contributed by atoms with Gasteiger partial charge in [0.1, 0.15) is 18.5 Å². The van der Waals surface area contributed by atoms with Crippen molar-refractivity contribution in [2.75, 3.05) is 6.61 Å². The second kappa shape index (κ2) is 6.73. The SMILES string of the molecule is CCOCc1nc(C#N)c(-c2ccccc2)n1CC(C)(C)O. The zero-order valence-electron chi connectivity index (χ0n) is 13.2. The molecule has 0 aliphatic heterocycles. The van der Waals surface area contributed by atoms with E-state index in [1.807, 2.05) is 41.8 Å². The van der Waals surface area contributed by atoms with Crippen molar-refractivity contribution in [1.82, 2.24) is 9.55 Å². The number of aromatic nitrogens is 2. The highest BCUT2D eigenvalue weighted by atomic mass is 16.5. The van der Waals surface area contributed by atoms with E-state index in [0.717, 1.165) is 11.3 Å². The highest BCUT2D eigenvalue weighted by Crippen LogP contribution is 2.27. The molecule has 0 spiro atoms. The minimum atomic E-state index is -0.919. The summed E-state index contributed by atoms with van der Waals surface area (Å²) in [6.45, 7) is 6.60. The van der Waals surface area contributed by atoms with Gasteiger partial charge in [0.15, 0.2) is 5.69 Å². The molecule has 1 aromatic heterocycles. The number of hydrogen-bond acceptors (Lipinski definition) is 4. The molecule has 0 radical (unpaired) electrons. The summed E-state index contributed by atoms with van der Waals surface area (Å²) in [5.74, 6) is 0.652. The minimum absolute atomic E-state index is 0.314. The number of imidazole rings is 1. The number of hydrogen-bond donors (Lipinski definition) is 1. The van der Waals surface area contributed by atoms with Crippen LogP contribution in [0.3, 0.4) is 0 Å². The van der Waals surface area contributed by atoms with Crippen molar-refractivity contribution in [3.8, 4) is 17.3 Å². The second-order valence-electron chi connectivity index (χ2n) is 5.74. The van der Waals surface area contributed by atoms with Gasteiger partial charge in [-0.1, -0.05) is 30.3 Å². The van der Waals surface area contributed by atoms with Gasteiger partial charge in [0.05, 0.1) is 17.8 Å². The Hall–Kier alpha value is -2.16. The molecule has 0 fully saturated rings. The fraction of sp³-hybridized carbons (Fsp3) is 0.412. The standard InChI is InChI=1S/C17H21N3O2/c1-4-22-11-15-19-14(10-18)16(13-8-6-5-7-9-13)20(15)12-17(2,3)21/h5-9,21H,4,11-12H2,1-3H3. The summed E-state index contributed by atoms with van der Waals surface area (Å²) in [7, 11) is 0. The van der Waals surface area contributed by atoms with Gasteiger partial charge < -0.3 is 14.4 Å². The molecular weight excluding hydrogens is 278 g/mol. The van der Waals surface area contributed by atoms with E-state index in [0.29, 0.717) is 31.3 Å². The summed E-state index contributed by atoms with van der Waals surface area (Å²) in [5.41, 5.74) is 1.06. The summed E-state index contributed by atoms with van der Waals surface area (Å²) < 4.78 is 7.33. The van der Waals surface area contributed by atoms with Crippen molar-refractivity contribution in [1.29, 1.82) is 5.26 Å². The van der Waals surface area contributed by atoms with E-state index in [1.165, 1.54) is 0 Å². The number of rotatable bonds is 6. The molecular formula is C17H21N3O2. The molecule has 22 heavy (non-hydrogen) atoms. The molecule has 2 aromatic rings. The lowest BCUT2D eigenvalue weighted by atomic mass is 10.1. The van der Waals surface area contributed by atoms with E-state index in [1.54, 1.807) is 13.8 Å². The Labute approximate surface area is 130 Å². The van der Waals surface area contributed by atoms with Crippen molar-refractivity contribution in [2.24, 2.45) is 0 Å². The Bertz CT molecular complexity index is 664. The Balaban J connectivity index is 2.58. The van der Waals surface area contributed by atoms with Crippen LogP contribution in [0.4, 0.5) is 0 Å². The third-order valence-corrected chi connectivity index (χ3v) is 3.18. The summed E-state index contributed by atoms with van der Waals surface area (Å²) in [4.78, 5) is 4.39. The highest BCUT2D eigenvalue weighted by molar-refractivity contribution is 5.66. The maximum Gasteiger partial charge on any atom is 0.166 e. The Morgan fingerprint density at radius 3 is 2.55 bits per heavy atom. The van der Waals surface area contributed by atoms with Gasteiger partial charge in [-0.15, -0.1) is 0 Å². The van der Waals surface area contributed by atoms with E-state index in [-0.39, 0.29) is 0 Å². The Kier molecular flexibility index (Phi) is 4.96. The van der Waals surface area contributed by atoms with Gasteiger partial charge in [-0.3, -0.25) is 0 Å². The number of ether oxygens (including phenoxy) is 1. The first-order valence-corrected chi connectivity index (χ1v) is 7.31. The van der Waals surface area contributed by atoms with Crippen LogP contribution in [0.15, 0.2) is 30.3 Å². The van der Waals surface area contributed by atoms with Crippen LogP contribution in [0.1, 0.15) is 32.3 Å². The molecule has 0 bridgehead atoms. The summed E-state index contributed by atoms with van der Waals surface area (Å²) in [6.07, 6.45) is 0. The predicted molar refractivity (Wildman–Crippen MR) is 84.0 cm³/mol.